The summed E-state index contributed by atoms with van der Waals surface area (Å²) >= 11 is 0. The van der Waals surface area contributed by atoms with E-state index < -0.39 is 0 Å². The predicted molar refractivity (Wildman–Crippen MR) is 105 cm³/mol. The maximum Gasteiger partial charge on any atom is 0.193 e. The molecule has 150 valence electrons. The second-order valence-electron chi connectivity index (χ2n) is 7.75. The first kappa shape index (κ1) is 19.9. The van der Waals surface area contributed by atoms with Crippen molar-refractivity contribution in [3.63, 3.8) is 0 Å². The van der Waals surface area contributed by atoms with E-state index in [1.165, 1.54) is 6.42 Å². The maximum absolute atomic E-state index is 5.50. The van der Waals surface area contributed by atoms with Crippen molar-refractivity contribution < 1.29 is 9.47 Å². The fourth-order valence-corrected chi connectivity index (χ4v) is 4.13. The molecule has 0 aromatic rings. The Morgan fingerprint density at radius 1 is 1.08 bits per heavy atom. The van der Waals surface area contributed by atoms with Gasteiger partial charge in [-0.15, -0.1) is 0 Å². The van der Waals surface area contributed by atoms with Crippen LogP contribution < -0.4 is 5.32 Å². The molecule has 3 aliphatic heterocycles. The van der Waals surface area contributed by atoms with Gasteiger partial charge in [-0.05, 0) is 19.3 Å². The summed E-state index contributed by atoms with van der Waals surface area (Å²) in [5, 5.41) is 3.51. The Hall–Kier alpha value is -0.890. The molecule has 0 amide bonds. The van der Waals surface area contributed by atoms with E-state index in [9.17, 15) is 0 Å². The topological polar surface area (TPSA) is 52.6 Å². The van der Waals surface area contributed by atoms with Gasteiger partial charge >= 0.3 is 0 Å². The molecule has 2 unspecified atom stereocenters. The number of hydrogen-bond acceptors (Lipinski definition) is 5. The van der Waals surface area contributed by atoms with Crippen LogP contribution in [0.5, 0.6) is 0 Å². The van der Waals surface area contributed by atoms with Gasteiger partial charge in [-0.1, -0.05) is 6.92 Å². The summed E-state index contributed by atoms with van der Waals surface area (Å²) in [5.74, 6) is 1.66. The minimum absolute atomic E-state index is 0.569. The lowest BCUT2D eigenvalue weighted by molar-refractivity contribution is 0.0194. The highest BCUT2D eigenvalue weighted by molar-refractivity contribution is 5.80. The van der Waals surface area contributed by atoms with E-state index in [1.807, 2.05) is 0 Å². The van der Waals surface area contributed by atoms with Gasteiger partial charge in [0.1, 0.15) is 0 Å². The zero-order valence-electron chi connectivity index (χ0n) is 16.7. The molecule has 1 N–H and O–H groups in total. The number of ether oxygens (including phenoxy) is 2. The fourth-order valence-electron chi connectivity index (χ4n) is 4.13. The highest BCUT2D eigenvalue weighted by Gasteiger charge is 2.30. The lowest BCUT2D eigenvalue weighted by atomic mass is 10.1. The van der Waals surface area contributed by atoms with Crippen molar-refractivity contribution >= 4 is 5.96 Å². The summed E-state index contributed by atoms with van der Waals surface area (Å²) in [7, 11) is 0. The Morgan fingerprint density at radius 2 is 1.77 bits per heavy atom. The smallest absolute Gasteiger partial charge is 0.193 e. The highest BCUT2D eigenvalue weighted by Crippen LogP contribution is 2.17. The molecular weight excluding hydrogens is 330 g/mol. The molecule has 3 saturated heterocycles. The van der Waals surface area contributed by atoms with Crippen molar-refractivity contribution in [3.8, 4) is 0 Å². The summed E-state index contributed by atoms with van der Waals surface area (Å²) in [6.45, 7) is 17.3. The van der Waals surface area contributed by atoms with Crippen LogP contribution in [-0.4, -0.2) is 112 Å². The Kier molecular flexibility index (Phi) is 7.98. The molecule has 3 rings (SSSR count). The van der Waals surface area contributed by atoms with Crippen molar-refractivity contribution in [3.05, 3.63) is 0 Å². The zero-order chi connectivity index (χ0) is 18.2. The van der Waals surface area contributed by atoms with Crippen LogP contribution in [0.1, 0.15) is 20.3 Å². The third kappa shape index (κ3) is 5.81. The van der Waals surface area contributed by atoms with E-state index in [-0.39, 0.29) is 0 Å². The molecular formula is C19H37N5O2. The number of rotatable bonds is 6. The van der Waals surface area contributed by atoms with Crippen LogP contribution in [0.2, 0.25) is 0 Å². The fraction of sp³-hybridized carbons (Fsp3) is 0.947. The monoisotopic (exact) mass is 367 g/mol. The van der Waals surface area contributed by atoms with Crippen molar-refractivity contribution in [2.75, 3.05) is 85.3 Å². The van der Waals surface area contributed by atoms with Gasteiger partial charge in [-0.25, -0.2) is 0 Å². The largest absolute Gasteiger partial charge is 0.379 e. The Labute approximate surface area is 158 Å². The summed E-state index contributed by atoms with van der Waals surface area (Å²) in [5.41, 5.74) is 0. The van der Waals surface area contributed by atoms with E-state index in [0.717, 1.165) is 91.3 Å². The number of nitrogens with zero attached hydrogens (tertiary/aromatic N) is 4. The average molecular weight is 368 g/mol. The van der Waals surface area contributed by atoms with Crippen LogP contribution in [0.3, 0.4) is 0 Å². The first-order chi connectivity index (χ1) is 12.8. The van der Waals surface area contributed by atoms with Crippen LogP contribution in [0, 0.1) is 5.92 Å². The van der Waals surface area contributed by atoms with Gasteiger partial charge in [-0.3, -0.25) is 14.8 Å². The van der Waals surface area contributed by atoms with Crippen molar-refractivity contribution in [2.45, 2.75) is 26.3 Å². The second kappa shape index (κ2) is 10.4. The standard InChI is InChI=1S/C19H37N5O2/c1-3-20-19(21-14-17(2)15-22-6-10-25-11-7-22)24-5-4-18(16-24)23-8-12-26-13-9-23/h17-18H,3-16H2,1-2H3,(H,20,21). The van der Waals surface area contributed by atoms with Gasteiger partial charge in [0.25, 0.3) is 0 Å². The molecule has 7 nitrogen and oxygen atoms in total. The molecule has 0 spiro atoms. The van der Waals surface area contributed by atoms with Gasteiger partial charge in [0.2, 0.25) is 0 Å². The minimum atomic E-state index is 0.569. The SMILES string of the molecule is CCNC(=NCC(C)CN1CCOCC1)N1CCC(N2CCOCC2)C1. The molecule has 7 heteroatoms. The van der Waals surface area contributed by atoms with Crippen LogP contribution >= 0.6 is 0 Å². The van der Waals surface area contributed by atoms with E-state index in [0.29, 0.717) is 12.0 Å². The van der Waals surface area contributed by atoms with E-state index in [4.69, 9.17) is 14.5 Å². The Morgan fingerprint density at radius 3 is 2.46 bits per heavy atom. The number of nitrogens with one attached hydrogen (secondary N) is 1. The normalized spacial score (nSPS) is 27.7. The number of morpholine rings is 2. The maximum atomic E-state index is 5.50. The molecule has 3 heterocycles. The van der Waals surface area contributed by atoms with Gasteiger partial charge < -0.3 is 19.7 Å². The number of aliphatic imine (C=N–C) groups is 1. The number of likely N-dealkylation sites (tertiary alicyclic amines) is 1. The third-order valence-electron chi connectivity index (χ3n) is 5.59. The van der Waals surface area contributed by atoms with Crippen molar-refractivity contribution in [1.82, 2.24) is 20.0 Å². The van der Waals surface area contributed by atoms with Gasteiger partial charge in [0.15, 0.2) is 5.96 Å². The molecule has 0 aromatic heterocycles. The highest BCUT2D eigenvalue weighted by atomic mass is 16.5. The molecule has 2 atom stereocenters. The van der Waals surface area contributed by atoms with Gasteiger partial charge in [0, 0.05) is 64.9 Å². The summed E-state index contributed by atoms with van der Waals surface area (Å²) < 4.78 is 10.9. The van der Waals surface area contributed by atoms with E-state index >= 15 is 0 Å². The van der Waals surface area contributed by atoms with E-state index in [1.54, 1.807) is 0 Å². The first-order valence-corrected chi connectivity index (χ1v) is 10.4. The summed E-state index contributed by atoms with van der Waals surface area (Å²) in [6, 6.07) is 0.647. The Bertz CT molecular complexity index is 436. The number of guanidine groups is 1. The van der Waals surface area contributed by atoms with Crippen molar-refractivity contribution in [2.24, 2.45) is 10.9 Å². The zero-order valence-corrected chi connectivity index (χ0v) is 16.7. The van der Waals surface area contributed by atoms with Crippen LogP contribution in [0.4, 0.5) is 0 Å². The average Bonchev–Trinajstić information content (AvgIpc) is 3.17. The van der Waals surface area contributed by atoms with Crippen LogP contribution in [0.25, 0.3) is 0 Å². The minimum Gasteiger partial charge on any atom is -0.379 e. The lowest BCUT2D eigenvalue weighted by Gasteiger charge is -2.32. The second-order valence-corrected chi connectivity index (χ2v) is 7.75. The van der Waals surface area contributed by atoms with Gasteiger partial charge in [-0.2, -0.15) is 0 Å². The summed E-state index contributed by atoms with van der Waals surface area (Å²) in [4.78, 5) is 12.5. The molecule has 3 fully saturated rings. The molecule has 0 aliphatic carbocycles. The lowest BCUT2D eigenvalue weighted by Crippen LogP contribution is -2.46. The molecule has 0 bridgehead atoms. The predicted octanol–water partition coefficient (Wildman–Crippen LogP) is 0.327. The van der Waals surface area contributed by atoms with Crippen LogP contribution in [0.15, 0.2) is 4.99 Å². The first-order valence-electron chi connectivity index (χ1n) is 10.4. The molecule has 3 aliphatic rings. The number of hydrogen-bond donors (Lipinski definition) is 1. The molecule has 0 radical (unpaired) electrons. The van der Waals surface area contributed by atoms with Crippen molar-refractivity contribution in [1.29, 1.82) is 0 Å². The molecule has 0 saturated carbocycles. The third-order valence-corrected chi connectivity index (χ3v) is 5.59. The van der Waals surface area contributed by atoms with Gasteiger partial charge in [0.05, 0.1) is 26.4 Å². The summed E-state index contributed by atoms with van der Waals surface area (Å²) in [6.07, 6.45) is 1.23. The Balaban J connectivity index is 1.48. The molecule has 26 heavy (non-hydrogen) atoms. The quantitative estimate of drug-likeness (QED) is 0.539. The van der Waals surface area contributed by atoms with Crippen LogP contribution in [-0.2, 0) is 9.47 Å². The van der Waals surface area contributed by atoms with E-state index in [2.05, 4.69) is 33.9 Å². The molecule has 0 aromatic carbocycles.